The van der Waals surface area contributed by atoms with Gasteiger partial charge in [0.05, 0.1) is 12.6 Å². The van der Waals surface area contributed by atoms with Crippen molar-refractivity contribution in [3.05, 3.63) is 35.7 Å². The number of nitrogens with one attached hydrogen (secondary N) is 1. The summed E-state index contributed by atoms with van der Waals surface area (Å²) in [7, 11) is 6.08. The molecule has 1 aliphatic rings. The second-order valence-corrected chi connectivity index (χ2v) is 6.84. The molecule has 2 aromatic heterocycles. The summed E-state index contributed by atoms with van der Waals surface area (Å²) >= 11 is 0. The maximum Gasteiger partial charge on any atom is 0.194 e. The smallest absolute Gasteiger partial charge is 0.194 e. The van der Waals surface area contributed by atoms with E-state index in [2.05, 4.69) is 57.4 Å². The molecule has 150 valence electrons. The number of ether oxygens (including phenoxy) is 1. The Balaban J connectivity index is 0.00000261. The molecule has 3 heterocycles. The standard InChI is InChI=1S/C18H29N7O.HI/c1-14-21-22-17(25(14)4)12-20-18(19-11-16-8-6-10-26-16)24(3)13-15-7-5-9-23(15)2;/h5,7,9,16H,6,8,10-13H2,1-4H3,(H,19,20);1H. The molecule has 1 unspecified atom stereocenters. The number of rotatable bonds is 6. The Morgan fingerprint density at radius 3 is 2.81 bits per heavy atom. The number of aryl methyl sites for hydroxylation is 2. The van der Waals surface area contributed by atoms with Crippen molar-refractivity contribution in [2.45, 2.75) is 39.0 Å². The maximum atomic E-state index is 5.73. The SMILES string of the molecule is Cc1nnc(CN=C(NCC2CCCO2)N(C)Cc2cccn2C)n1C.I. The summed E-state index contributed by atoms with van der Waals surface area (Å²) in [5.41, 5.74) is 1.23. The van der Waals surface area contributed by atoms with E-state index in [9.17, 15) is 0 Å². The zero-order chi connectivity index (χ0) is 18.5. The van der Waals surface area contributed by atoms with Crippen LogP contribution in [0.3, 0.4) is 0 Å². The molecule has 0 aromatic carbocycles. The van der Waals surface area contributed by atoms with Crippen molar-refractivity contribution >= 4 is 29.9 Å². The number of hydrogen-bond acceptors (Lipinski definition) is 4. The third-order valence-corrected chi connectivity index (χ3v) is 4.88. The van der Waals surface area contributed by atoms with Crippen LogP contribution in [0.2, 0.25) is 0 Å². The number of nitrogens with zero attached hydrogens (tertiary/aromatic N) is 6. The minimum atomic E-state index is 0. The summed E-state index contributed by atoms with van der Waals surface area (Å²) in [5.74, 6) is 2.59. The van der Waals surface area contributed by atoms with Crippen molar-refractivity contribution in [1.82, 2.24) is 29.5 Å². The summed E-state index contributed by atoms with van der Waals surface area (Å²) in [4.78, 5) is 6.91. The van der Waals surface area contributed by atoms with Crippen LogP contribution in [-0.2, 0) is 31.9 Å². The first-order chi connectivity index (χ1) is 12.5. The average Bonchev–Trinajstić information content (AvgIpc) is 3.34. The summed E-state index contributed by atoms with van der Waals surface area (Å²) in [6.45, 7) is 4.84. The quantitative estimate of drug-likeness (QED) is 0.383. The highest BCUT2D eigenvalue weighted by molar-refractivity contribution is 14.0. The molecule has 0 bridgehead atoms. The van der Waals surface area contributed by atoms with Crippen LogP contribution < -0.4 is 5.32 Å². The van der Waals surface area contributed by atoms with Crippen molar-refractivity contribution in [1.29, 1.82) is 0 Å². The molecule has 2 aromatic rings. The molecule has 0 amide bonds. The van der Waals surface area contributed by atoms with Crippen molar-refractivity contribution in [3.8, 4) is 0 Å². The van der Waals surface area contributed by atoms with Crippen LogP contribution in [0.5, 0.6) is 0 Å². The Hall–Kier alpha value is -1.62. The molecule has 0 radical (unpaired) electrons. The molecule has 1 saturated heterocycles. The normalized spacial score (nSPS) is 17.0. The Morgan fingerprint density at radius 2 is 2.22 bits per heavy atom. The van der Waals surface area contributed by atoms with Gasteiger partial charge in [-0.2, -0.15) is 0 Å². The molecule has 0 aliphatic carbocycles. The highest BCUT2D eigenvalue weighted by Crippen LogP contribution is 2.11. The van der Waals surface area contributed by atoms with Crippen molar-refractivity contribution < 1.29 is 4.74 Å². The molecule has 0 saturated carbocycles. The van der Waals surface area contributed by atoms with E-state index in [1.807, 2.05) is 18.5 Å². The third kappa shape index (κ3) is 5.68. The van der Waals surface area contributed by atoms with Gasteiger partial charge in [-0.3, -0.25) is 0 Å². The molecular weight excluding hydrogens is 457 g/mol. The first kappa shape index (κ1) is 21.7. The van der Waals surface area contributed by atoms with Gasteiger partial charge >= 0.3 is 0 Å². The largest absolute Gasteiger partial charge is 0.376 e. The highest BCUT2D eigenvalue weighted by Gasteiger charge is 2.17. The zero-order valence-corrected chi connectivity index (χ0v) is 18.9. The minimum absolute atomic E-state index is 0. The second kappa shape index (κ2) is 10.1. The molecule has 1 N–H and O–H groups in total. The van der Waals surface area contributed by atoms with Gasteiger partial charge in [-0.1, -0.05) is 0 Å². The lowest BCUT2D eigenvalue weighted by molar-refractivity contribution is 0.113. The average molecular weight is 487 g/mol. The van der Waals surface area contributed by atoms with Crippen LogP contribution in [0, 0.1) is 6.92 Å². The van der Waals surface area contributed by atoms with Crippen LogP contribution in [0.25, 0.3) is 0 Å². The molecule has 1 aliphatic heterocycles. The molecule has 1 fully saturated rings. The molecule has 1 atom stereocenters. The lowest BCUT2D eigenvalue weighted by Crippen LogP contribution is -2.42. The van der Waals surface area contributed by atoms with E-state index in [0.29, 0.717) is 6.54 Å². The highest BCUT2D eigenvalue weighted by atomic mass is 127. The van der Waals surface area contributed by atoms with Crippen molar-refractivity contribution in [3.63, 3.8) is 0 Å². The second-order valence-electron chi connectivity index (χ2n) is 6.84. The van der Waals surface area contributed by atoms with Crippen molar-refractivity contribution in [2.75, 3.05) is 20.2 Å². The number of guanidine groups is 1. The predicted molar refractivity (Wildman–Crippen MR) is 116 cm³/mol. The lowest BCUT2D eigenvalue weighted by atomic mass is 10.2. The molecule has 3 rings (SSSR count). The van der Waals surface area contributed by atoms with E-state index >= 15 is 0 Å². The summed E-state index contributed by atoms with van der Waals surface area (Å²) in [5, 5.41) is 11.8. The van der Waals surface area contributed by atoms with Gasteiger partial charge < -0.3 is 24.1 Å². The van der Waals surface area contributed by atoms with Gasteiger partial charge in [-0.05, 0) is 31.9 Å². The first-order valence-corrected chi connectivity index (χ1v) is 9.10. The Kier molecular flexibility index (Phi) is 8.08. The number of aliphatic imine (C=N–C) groups is 1. The minimum Gasteiger partial charge on any atom is -0.376 e. The van der Waals surface area contributed by atoms with Gasteiger partial charge in [0, 0.05) is 46.2 Å². The fourth-order valence-electron chi connectivity index (χ4n) is 3.03. The molecule has 8 nitrogen and oxygen atoms in total. The van der Waals surface area contributed by atoms with Crippen molar-refractivity contribution in [2.24, 2.45) is 19.1 Å². The van der Waals surface area contributed by atoms with E-state index in [-0.39, 0.29) is 30.1 Å². The fraction of sp³-hybridized carbons (Fsp3) is 0.611. The number of aromatic nitrogens is 4. The molecule has 27 heavy (non-hydrogen) atoms. The van der Waals surface area contributed by atoms with Gasteiger partial charge in [0.1, 0.15) is 12.4 Å². The van der Waals surface area contributed by atoms with E-state index in [4.69, 9.17) is 9.73 Å². The van der Waals surface area contributed by atoms with Gasteiger partial charge in [-0.15, -0.1) is 34.2 Å². The third-order valence-electron chi connectivity index (χ3n) is 4.88. The number of hydrogen-bond donors (Lipinski definition) is 1. The van der Waals surface area contributed by atoms with Crippen LogP contribution in [-0.4, -0.2) is 56.5 Å². The Labute approximate surface area is 178 Å². The zero-order valence-electron chi connectivity index (χ0n) is 16.6. The summed E-state index contributed by atoms with van der Waals surface area (Å²) in [6.07, 6.45) is 4.56. The fourth-order valence-corrected chi connectivity index (χ4v) is 3.03. The molecular formula is C18H30IN7O. The molecule has 0 spiro atoms. The summed E-state index contributed by atoms with van der Waals surface area (Å²) in [6, 6.07) is 4.18. The van der Waals surface area contributed by atoms with Gasteiger partial charge in [0.15, 0.2) is 11.8 Å². The lowest BCUT2D eigenvalue weighted by Gasteiger charge is -2.24. The van der Waals surface area contributed by atoms with E-state index in [0.717, 1.165) is 50.1 Å². The van der Waals surface area contributed by atoms with E-state index < -0.39 is 0 Å². The van der Waals surface area contributed by atoms with Crippen LogP contribution in [0.4, 0.5) is 0 Å². The van der Waals surface area contributed by atoms with Crippen LogP contribution in [0.15, 0.2) is 23.3 Å². The monoisotopic (exact) mass is 487 g/mol. The number of halogens is 1. The first-order valence-electron chi connectivity index (χ1n) is 9.10. The predicted octanol–water partition coefficient (Wildman–Crippen LogP) is 1.84. The summed E-state index contributed by atoms with van der Waals surface area (Å²) < 4.78 is 9.82. The van der Waals surface area contributed by atoms with E-state index in [1.54, 1.807) is 0 Å². The Bertz CT molecular complexity index is 749. The topological polar surface area (TPSA) is 72.5 Å². The Morgan fingerprint density at radius 1 is 1.41 bits per heavy atom. The maximum absolute atomic E-state index is 5.73. The van der Waals surface area contributed by atoms with Gasteiger partial charge in [0.2, 0.25) is 0 Å². The van der Waals surface area contributed by atoms with Gasteiger partial charge in [-0.25, -0.2) is 4.99 Å². The van der Waals surface area contributed by atoms with E-state index in [1.165, 1.54) is 5.69 Å². The molecule has 9 heteroatoms. The van der Waals surface area contributed by atoms with Crippen LogP contribution in [0.1, 0.15) is 30.2 Å². The van der Waals surface area contributed by atoms with Gasteiger partial charge in [0.25, 0.3) is 0 Å². The van der Waals surface area contributed by atoms with Crippen LogP contribution >= 0.6 is 24.0 Å².